The Morgan fingerprint density at radius 3 is 2.70 bits per heavy atom. The largest absolute Gasteiger partial charge is 0.435 e. The van der Waals surface area contributed by atoms with Crippen molar-refractivity contribution in [3.05, 3.63) is 0 Å². The number of nitrogens with zero attached hydrogens (tertiary/aromatic N) is 1. The van der Waals surface area contributed by atoms with Crippen LogP contribution in [0.1, 0.15) is 0 Å². The maximum absolute atomic E-state index is 10.3. The minimum Gasteiger partial charge on any atom is -0.395 e. The molecular weight excluding hydrogens is 164 g/mol. The fraction of sp³-hybridized carbons (Fsp3) is 1.00. The lowest BCUT2D eigenvalue weighted by molar-refractivity contribution is -0.120. The molecule has 0 spiro atoms. The van der Waals surface area contributed by atoms with E-state index in [1.54, 1.807) is 0 Å². The van der Waals surface area contributed by atoms with Gasteiger partial charge in [-0.25, -0.2) is 0 Å². The van der Waals surface area contributed by atoms with Gasteiger partial charge in [0, 0.05) is 0 Å². The molecular formula is C2H6N2O5S. The Balaban J connectivity index is 2.44. The lowest BCUT2D eigenvalue weighted by atomic mass is 10.7. The predicted octanol–water partition coefficient (Wildman–Crippen LogP) is -2.09. The van der Waals surface area contributed by atoms with Crippen molar-refractivity contribution >= 4 is 10.4 Å². The summed E-state index contributed by atoms with van der Waals surface area (Å²) in [5.74, 6) is 0. The van der Waals surface area contributed by atoms with E-state index in [1.807, 2.05) is 5.59 Å². The van der Waals surface area contributed by atoms with E-state index in [-0.39, 0.29) is 13.2 Å². The Kier molecular flexibility index (Phi) is 2.18. The zero-order chi connectivity index (χ0) is 7.61. The van der Waals surface area contributed by atoms with Crippen LogP contribution in [-0.2, 0) is 19.0 Å². The zero-order valence-electron chi connectivity index (χ0n) is 4.85. The van der Waals surface area contributed by atoms with E-state index in [9.17, 15) is 8.42 Å². The summed E-state index contributed by atoms with van der Waals surface area (Å²) in [5, 5.41) is 9.04. The Morgan fingerprint density at radius 2 is 2.30 bits per heavy atom. The maximum Gasteiger partial charge on any atom is 0.435 e. The monoisotopic (exact) mass is 170 g/mol. The molecule has 60 valence electrons. The number of aliphatic hydroxyl groups excluding tert-OH is 1. The second-order valence-corrected chi connectivity index (χ2v) is 2.62. The Morgan fingerprint density at radius 1 is 1.60 bits per heavy atom. The van der Waals surface area contributed by atoms with Gasteiger partial charge in [0.05, 0.1) is 13.2 Å². The number of rotatable bonds is 2. The van der Waals surface area contributed by atoms with Gasteiger partial charge in [-0.15, -0.1) is 8.57 Å². The lowest BCUT2D eigenvalue weighted by Crippen LogP contribution is -2.31. The summed E-state index contributed by atoms with van der Waals surface area (Å²) in [5.41, 5.74) is 1.91. The highest BCUT2D eigenvalue weighted by Gasteiger charge is 2.27. The molecule has 0 unspecified atom stereocenters. The number of hydrogen-bond donors (Lipinski definition) is 2. The van der Waals surface area contributed by atoms with Crippen molar-refractivity contribution < 1.29 is 22.1 Å². The molecule has 1 heterocycles. The number of β-amino-alcohol motifs (C(OH)–C–C–N with tert-alkyl or cyclic N) is 1. The lowest BCUT2D eigenvalue weighted by Gasteiger charge is -2.04. The standard InChI is InChI=1S/C2H6N2O5S/c5-2-1-4-3-8-10(6,7)9-4/h3,5H,1-2H2. The van der Waals surface area contributed by atoms with Crippen LogP contribution in [0.4, 0.5) is 0 Å². The molecule has 0 amide bonds. The van der Waals surface area contributed by atoms with Gasteiger partial charge in [-0.3, -0.25) is 0 Å². The van der Waals surface area contributed by atoms with Gasteiger partial charge >= 0.3 is 10.4 Å². The second kappa shape index (κ2) is 2.78. The predicted molar refractivity (Wildman–Crippen MR) is 28.0 cm³/mol. The zero-order valence-corrected chi connectivity index (χ0v) is 5.67. The van der Waals surface area contributed by atoms with Crippen molar-refractivity contribution in [3.63, 3.8) is 0 Å². The molecule has 0 saturated carbocycles. The molecule has 1 fully saturated rings. The van der Waals surface area contributed by atoms with Crippen LogP contribution in [0.2, 0.25) is 0 Å². The Hall–Kier alpha value is -0.250. The van der Waals surface area contributed by atoms with E-state index in [2.05, 4.69) is 8.57 Å². The molecule has 1 saturated heterocycles. The number of hydrazine groups is 1. The quantitative estimate of drug-likeness (QED) is 0.491. The normalized spacial score (nSPS) is 25.3. The summed E-state index contributed by atoms with van der Waals surface area (Å²) in [6.45, 7) is -0.217. The molecule has 0 aromatic heterocycles. The van der Waals surface area contributed by atoms with Crippen molar-refractivity contribution in [1.29, 1.82) is 0 Å². The van der Waals surface area contributed by atoms with E-state index in [0.29, 0.717) is 0 Å². The topological polar surface area (TPSA) is 88.1 Å². The third-order valence-corrected chi connectivity index (χ3v) is 1.37. The Labute approximate surface area is 57.4 Å². The summed E-state index contributed by atoms with van der Waals surface area (Å²) in [4.78, 5) is 0. The molecule has 0 bridgehead atoms. The minimum atomic E-state index is -3.91. The van der Waals surface area contributed by atoms with Gasteiger partial charge in [-0.05, 0) is 0 Å². The summed E-state index contributed by atoms with van der Waals surface area (Å²) < 4.78 is 28.6. The van der Waals surface area contributed by atoms with Gasteiger partial charge in [-0.2, -0.15) is 8.42 Å². The molecule has 0 atom stereocenters. The van der Waals surface area contributed by atoms with Crippen LogP contribution in [0.3, 0.4) is 0 Å². The number of hydrogen-bond acceptors (Lipinski definition) is 7. The summed E-state index contributed by atoms with van der Waals surface area (Å²) >= 11 is 0. The molecule has 8 heteroatoms. The van der Waals surface area contributed by atoms with Gasteiger partial charge < -0.3 is 5.11 Å². The summed E-state index contributed by atoms with van der Waals surface area (Å²) in [6.07, 6.45) is 0. The van der Waals surface area contributed by atoms with E-state index in [0.717, 1.165) is 5.17 Å². The first-order valence-electron chi connectivity index (χ1n) is 2.41. The van der Waals surface area contributed by atoms with Crippen molar-refractivity contribution in [2.24, 2.45) is 0 Å². The molecule has 0 radical (unpaired) electrons. The van der Waals surface area contributed by atoms with Crippen LogP contribution < -0.4 is 5.59 Å². The highest BCUT2D eigenvalue weighted by Crippen LogP contribution is 2.04. The second-order valence-electron chi connectivity index (χ2n) is 1.48. The van der Waals surface area contributed by atoms with Crippen molar-refractivity contribution in [2.45, 2.75) is 0 Å². The first-order chi connectivity index (χ1) is 4.64. The average molecular weight is 170 g/mol. The van der Waals surface area contributed by atoms with Crippen LogP contribution in [0.5, 0.6) is 0 Å². The van der Waals surface area contributed by atoms with Crippen LogP contribution in [-0.4, -0.2) is 31.8 Å². The molecule has 7 nitrogen and oxygen atoms in total. The number of aliphatic hydroxyl groups is 1. The third-order valence-electron chi connectivity index (χ3n) is 0.725. The van der Waals surface area contributed by atoms with Gasteiger partial charge in [0.1, 0.15) is 0 Å². The van der Waals surface area contributed by atoms with E-state index in [1.165, 1.54) is 0 Å². The average Bonchev–Trinajstić information content (AvgIpc) is 2.12. The SMILES string of the molecule is O=S1(=O)ONN(CCO)O1. The fourth-order valence-electron chi connectivity index (χ4n) is 0.402. The number of hydroxylamine groups is 1. The maximum atomic E-state index is 10.3. The van der Waals surface area contributed by atoms with Gasteiger partial charge in [-0.1, -0.05) is 10.8 Å². The van der Waals surface area contributed by atoms with Gasteiger partial charge in [0.15, 0.2) is 0 Å². The summed E-state index contributed by atoms with van der Waals surface area (Å²) in [7, 11) is -3.91. The van der Waals surface area contributed by atoms with E-state index >= 15 is 0 Å². The summed E-state index contributed by atoms with van der Waals surface area (Å²) in [6, 6.07) is 0. The molecule has 2 N–H and O–H groups in total. The number of nitrogens with one attached hydrogen (secondary N) is 1. The van der Waals surface area contributed by atoms with E-state index in [4.69, 9.17) is 5.11 Å². The Bertz CT molecular complexity index is 200. The van der Waals surface area contributed by atoms with Gasteiger partial charge in [0.2, 0.25) is 0 Å². The smallest absolute Gasteiger partial charge is 0.395 e. The van der Waals surface area contributed by atoms with Crippen molar-refractivity contribution in [1.82, 2.24) is 10.8 Å². The molecule has 0 aromatic rings. The van der Waals surface area contributed by atoms with Crippen LogP contribution in [0, 0.1) is 0 Å². The van der Waals surface area contributed by atoms with Gasteiger partial charge in [0.25, 0.3) is 0 Å². The van der Waals surface area contributed by atoms with Crippen LogP contribution in [0.25, 0.3) is 0 Å². The highest BCUT2D eigenvalue weighted by atomic mass is 32.3. The molecule has 1 aliphatic heterocycles. The minimum absolute atomic E-state index is 0.0131. The first-order valence-corrected chi connectivity index (χ1v) is 3.74. The molecule has 10 heavy (non-hydrogen) atoms. The third kappa shape index (κ3) is 1.87. The van der Waals surface area contributed by atoms with Crippen LogP contribution >= 0.6 is 0 Å². The fourth-order valence-corrected chi connectivity index (χ4v) is 0.932. The van der Waals surface area contributed by atoms with E-state index < -0.39 is 10.4 Å². The molecule has 0 aromatic carbocycles. The van der Waals surface area contributed by atoms with Crippen molar-refractivity contribution in [3.8, 4) is 0 Å². The first kappa shape index (κ1) is 7.85. The molecule has 1 rings (SSSR count). The van der Waals surface area contributed by atoms with Crippen molar-refractivity contribution in [2.75, 3.05) is 13.2 Å². The highest BCUT2D eigenvalue weighted by molar-refractivity contribution is 7.81. The van der Waals surface area contributed by atoms with Crippen LogP contribution in [0.15, 0.2) is 0 Å². The molecule has 0 aliphatic carbocycles. The molecule has 1 aliphatic rings.